The van der Waals surface area contributed by atoms with Crippen molar-refractivity contribution in [2.24, 2.45) is 0 Å². The number of hydrogen-bond donors (Lipinski definition) is 2. The van der Waals surface area contributed by atoms with E-state index in [9.17, 15) is 9.59 Å². The number of pyridine rings is 2. The van der Waals surface area contributed by atoms with Crippen LogP contribution in [0.3, 0.4) is 0 Å². The number of aryl methyl sites for hydroxylation is 2. The molecule has 0 aliphatic carbocycles. The first-order valence-corrected chi connectivity index (χ1v) is 9.73. The SMILES string of the molecule is CNC(=O)c1cn(CCc2ccccc2)c2cc(-c3cccc(N)n3)ccc2c1=O. The third kappa shape index (κ3) is 3.80. The quantitative estimate of drug-likeness (QED) is 0.540. The summed E-state index contributed by atoms with van der Waals surface area (Å²) in [5.74, 6) is 0.0426. The lowest BCUT2D eigenvalue weighted by Crippen LogP contribution is -2.27. The summed E-state index contributed by atoms with van der Waals surface area (Å²) < 4.78 is 1.96. The maximum Gasteiger partial charge on any atom is 0.256 e. The number of rotatable bonds is 5. The van der Waals surface area contributed by atoms with E-state index in [-0.39, 0.29) is 11.0 Å². The molecule has 0 radical (unpaired) electrons. The van der Waals surface area contributed by atoms with E-state index >= 15 is 0 Å². The number of hydrogen-bond acceptors (Lipinski definition) is 4. The van der Waals surface area contributed by atoms with Crippen LogP contribution in [0.2, 0.25) is 0 Å². The number of aromatic nitrogens is 2. The third-order valence-electron chi connectivity index (χ3n) is 5.10. The maximum atomic E-state index is 12.9. The minimum absolute atomic E-state index is 0.132. The van der Waals surface area contributed by atoms with E-state index in [1.165, 1.54) is 12.6 Å². The summed E-state index contributed by atoms with van der Waals surface area (Å²) in [6, 6.07) is 21.1. The Bertz CT molecular complexity index is 1280. The van der Waals surface area contributed by atoms with E-state index in [1.54, 1.807) is 18.3 Å². The Labute approximate surface area is 174 Å². The molecule has 3 N–H and O–H groups in total. The maximum absolute atomic E-state index is 12.9. The van der Waals surface area contributed by atoms with E-state index in [0.717, 1.165) is 23.2 Å². The molecular formula is C24H22N4O2. The molecule has 0 saturated heterocycles. The number of fused-ring (bicyclic) bond motifs is 1. The van der Waals surface area contributed by atoms with E-state index in [2.05, 4.69) is 22.4 Å². The van der Waals surface area contributed by atoms with Gasteiger partial charge >= 0.3 is 0 Å². The van der Waals surface area contributed by atoms with Crippen molar-refractivity contribution in [3.63, 3.8) is 0 Å². The Balaban J connectivity index is 1.86. The summed E-state index contributed by atoms with van der Waals surface area (Å²) in [4.78, 5) is 29.6. The monoisotopic (exact) mass is 398 g/mol. The van der Waals surface area contributed by atoms with Gasteiger partial charge in [-0.2, -0.15) is 0 Å². The molecule has 4 aromatic rings. The summed E-state index contributed by atoms with van der Waals surface area (Å²) in [6.07, 6.45) is 2.41. The number of benzene rings is 2. The second kappa shape index (κ2) is 8.21. The van der Waals surface area contributed by atoms with Gasteiger partial charge in [0.2, 0.25) is 5.43 Å². The summed E-state index contributed by atoms with van der Waals surface area (Å²) in [5, 5.41) is 3.05. The fraction of sp³-hybridized carbons (Fsp3) is 0.125. The number of anilines is 1. The molecule has 2 aromatic carbocycles. The Morgan fingerprint density at radius 1 is 1.07 bits per heavy atom. The van der Waals surface area contributed by atoms with Crippen molar-refractivity contribution in [1.82, 2.24) is 14.9 Å². The van der Waals surface area contributed by atoms with Crippen molar-refractivity contribution < 1.29 is 4.79 Å². The lowest BCUT2D eigenvalue weighted by molar-refractivity contribution is 0.0961. The zero-order valence-corrected chi connectivity index (χ0v) is 16.6. The molecule has 0 spiro atoms. The molecule has 0 unspecified atom stereocenters. The van der Waals surface area contributed by atoms with Crippen LogP contribution in [0, 0.1) is 0 Å². The smallest absolute Gasteiger partial charge is 0.256 e. The van der Waals surface area contributed by atoms with Crippen LogP contribution in [0.15, 0.2) is 77.7 Å². The van der Waals surface area contributed by atoms with Crippen LogP contribution in [0.25, 0.3) is 22.2 Å². The third-order valence-corrected chi connectivity index (χ3v) is 5.10. The van der Waals surface area contributed by atoms with Crippen LogP contribution in [0.4, 0.5) is 5.82 Å². The molecule has 0 bridgehead atoms. The molecule has 6 heteroatoms. The Morgan fingerprint density at radius 3 is 2.60 bits per heavy atom. The highest BCUT2D eigenvalue weighted by molar-refractivity contribution is 5.97. The number of nitrogen functional groups attached to an aromatic ring is 1. The minimum atomic E-state index is -0.392. The predicted octanol–water partition coefficient (Wildman–Crippen LogP) is 3.25. The topological polar surface area (TPSA) is 90.0 Å². The molecule has 0 fully saturated rings. The van der Waals surface area contributed by atoms with Crippen molar-refractivity contribution in [1.29, 1.82) is 0 Å². The summed E-state index contributed by atoms with van der Waals surface area (Å²) in [5.41, 5.74) is 9.20. The largest absolute Gasteiger partial charge is 0.384 e. The predicted molar refractivity (Wildman–Crippen MR) is 119 cm³/mol. The number of amides is 1. The lowest BCUT2D eigenvalue weighted by atomic mass is 10.0. The molecule has 1 amide bonds. The molecule has 150 valence electrons. The van der Waals surface area contributed by atoms with E-state index in [0.29, 0.717) is 17.7 Å². The first-order valence-electron chi connectivity index (χ1n) is 9.73. The number of nitrogens with zero attached hydrogens (tertiary/aromatic N) is 2. The zero-order valence-electron chi connectivity index (χ0n) is 16.6. The van der Waals surface area contributed by atoms with E-state index < -0.39 is 5.91 Å². The first kappa shape index (κ1) is 19.4. The Kier molecular flexibility index (Phi) is 5.30. The molecular weight excluding hydrogens is 376 g/mol. The molecule has 2 aromatic heterocycles. The number of nitrogens with two attached hydrogens (primary N) is 1. The van der Waals surface area contributed by atoms with Gasteiger partial charge in [-0.25, -0.2) is 4.98 Å². The second-order valence-electron chi connectivity index (χ2n) is 7.06. The van der Waals surface area contributed by atoms with Gasteiger partial charge in [0, 0.05) is 30.7 Å². The summed E-state index contributed by atoms with van der Waals surface area (Å²) in [6.45, 7) is 0.624. The summed E-state index contributed by atoms with van der Waals surface area (Å²) in [7, 11) is 1.52. The highest BCUT2D eigenvalue weighted by Crippen LogP contribution is 2.23. The Morgan fingerprint density at radius 2 is 1.87 bits per heavy atom. The molecule has 6 nitrogen and oxygen atoms in total. The van der Waals surface area contributed by atoms with Gasteiger partial charge in [-0.1, -0.05) is 42.5 Å². The number of carbonyl (C=O) groups is 1. The average molecular weight is 398 g/mol. The summed E-state index contributed by atoms with van der Waals surface area (Å²) >= 11 is 0. The van der Waals surface area contributed by atoms with Crippen molar-refractivity contribution in [2.75, 3.05) is 12.8 Å². The second-order valence-corrected chi connectivity index (χ2v) is 7.06. The average Bonchev–Trinajstić information content (AvgIpc) is 2.78. The molecule has 0 aliphatic heterocycles. The van der Waals surface area contributed by atoms with Gasteiger partial charge in [0.05, 0.1) is 11.2 Å². The van der Waals surface area contributed by atoms with Gasteiger partial charge in [0.15, 0.2) is 0 Å². The van der Waals surface area contributed by atoms with Gasteiger partial charge < -0.3 is 15.6 Å². The highest BCUT2D eigenvalue weighted by Gasteiger charge is 2.15. The molecule has 0 atom stereocenters. The van der Waals surface area contributed by atoms with E-state index in [1.807, 2.05) is 47.0 Å². The van der Waals surface area contributed by atoms with Crippen molar-refractivity contribution >= 4 is 22.6 Å². The normalized spacial score (nSPS) is 10.8. The fourth-order valence-electron chi connectivity index (χ4n) is 3.54. The van der Waals surface area contributed by atoms with Gasteiger partial charge in [0.25, 0.3) is 5.91 Å². The zero-order chi connectivity index (χ0) is 21.1. The number of nitrogens with one attached hydrogen (secondary N) is 1. The van der Waals surface area contributed by atoms with Gasteiger partial charge in [-0.05, 0) is 36.2 Å². The molecule has 0 aliphatic rings. The van der Waals surface area contributed by atoms with Crippen LogP contribution in [-0.2, 0) is 13.0 Å². The van der Waals surface area contributed by atoms with Crippen LogP contribution >= 0.6 is 0 Å². The van der Waals surface area contributed by atoms with E-state index in [4.69, 9.17) is 5.73 Å². The molecule has 4 rings (SSSR count). The molecule has 2 heterocycles. The number of carbonyl (C=O) groups excluding carboxylic acids is 1. The Hall–Kier alpha value is -3.93. The van der Waals surface area contributed by atoms with Gasteiger partial charge in [-0.15, -0.1) is 0 Å². The first-order chi connectivity index (χ1) is 14.6. The van der Waals surface area contributed by atoms with Crippen LogP contribution in [0.5, 0.6) is 0 Å². The van der Waals surface area contributed by atoms with Gasteiger partial charge in [0.1, 0.15) is 11.4 Å². The fourth-order valence-corrected chi connectivity index (χ4v) is 3.54. The molecule has 30 heavy (non-hydrogen) atoms. The standard InChI is InChI=1S/C24H22N4O2/c1-26-24(30)19-15-28(13-12-16-6-3-2-4-7-16)21-14-17(10-11-18(21)23(19)29)20-8-5-9-22(25)27-20/h2-11,14-15H,12-13H2,1H3,(H2,25,27)(H,26,30). The minimum Gasteiger partial charge on any atom is -0.384 e. The van der Waals surface area contributed by atoms with Crippen molar-refractivity contribution in [2.45, 2.75) is 13.0 Å². The van der Waals surface area contributed by atoms with Crippen LogP contribution in [-0.4, -0.2) is 22.5 Å². The van der Waals surface area contributed by atoms with Crippen molar-refractivity contribution in [3.8, 4) is 11.3 Å². The lowest BCUT2D eigenvalue weighted by Gasteiger charge is -2.14. The highest BCUT2D eigenvalue weighted by atomic mass is 16.2. The molecule has 0 saturated carbocycles. The van der Waals surface area contributed by atoms with Crippen molar-refractivity contribution in [3.05, 3.63) is 94.3 Å². The van der Waals surface area contributed by atoms with Gasteiger partial charge in [-0.3, -0.25) is 9.59 Å². The van der Waals surface area contributed by atoms with Crippen LogP contribution < -0.4 is 16.5 Å². The van der Waals surface area contributed by atoms with Crippen LogP contribution in [0.1, 0.15) is 15.9 Å².